The lowest BCUT2D eigenvalue weighted by Crippen LogP contribution is -2.51. The summed E-state index contributed by atoms with van der Waals surface area (Å²) < 4.78 is 14.3. The van der Waals surface area contributed by atoms with Gasteiger partial charge in [-0.15, -0.1) is 0 Å². The van der Waals surface area contributed by atoms with Crippen molar-refractivity contribution in [1.29, 1.82) is 0 Å². The van der Waals surface area contributed by atoms with E-state index in [1.807, 2.05) is 13.8 Å². The molecule has 7 nitrogen and oxygen atoms in total. The Morgan fingerprint density at radius 3 is 2.52 bits per heavy atom. The fourth-order valence-corrected chi connectivity index (χ4v) is 3.09. The van der Waals surface area contributed by atoms with Gasteiger partial charge in [0.05, 0.1) is 5.92 Å². The maximum atomic E-state index is 14.3. The van der Waals surface area contributed by atoms with Crippen LogP contribution in [0.1, 0.15) is 58.8 Å². The van der Waals surface area contributed by atoms with E-state index in [0.29, 0.717) is 32.4 Å². The number of halogens is 1. The minimum Gasteiger partial charge on any atom is -0.354 e. The summed E-state index contributed by atoms with van der Waals surface area (Å²) >= 11 is 0. The Morgan fingerprint density at radius 2 is 1.92 bits per heavy atom. The number of carbonyl (C=O) groups excluding carboxylic acids is 3. The van der Waals surface area contributed by atoms with Crippen LogP contribution in [0.4, 0.5) is 4.39 Å². The topological polar surface area (TPSA) is 98.7 Å². The normalized spacial score (nSPS) is 19.4. The van der Waals surface area contributed by atoms with Gasteiger partial charge in [0, 0.05) is 13.1 Å². The molecule has 144 valence electrons. The number of unbranched alkanes of at least 4 members (excludes halogenated alkanes) is 2. The second-order valence-electron chi connectivity index (χ2n) is 6.46. The fourth-order valence-electron chi connectivity index (χ4n) is 3.09. The van der Waals surface area contributed by atoms with E-state index in [4.69, 9.17) is 5.21 Å². The molecule has 0 aromatic heterocycles. The Morgan fingerprint density at radius 1 is 1.24 bits per heavy atom. The number of hydrogen-bond acceptors (Lipinski definition) is 4. The van der Waals surface area contributed by atoms with Crippen molar-refractivity contribution in [1.82, 2.24) is 15.7 Å². The standard InChI is InChI=1S/C17H30FN3O4/c1-3-5-8-12(14(18)16(23)20-25)17(24)21-11-7-9-13(21)15(22)19-10-6-4-2/h12-14,25H,3-11H2,1-2H3,(H,19,22)(H,20,23)/t12-,13?,14+/m1/s1. The molecule has 1 rings (SSSR count). The molecule has 0 spiro atoms. The first kappa shape index (κ1) is 21.3. The Labute approximate surface area is 148 Å². The molecule has 1 aliphatic heterocycles. The minimum absolute atomic E-state index is 0.199. The van der Waals surface area contributed by atoms with Crippen molar-refractivity contribution in [3.63, 3.8) is 0 Å². The summed E-state index contributed by atoms with van der Waals surface area (Å²) in [7, 11) is 0. The number of hydroxylamine groups is 1. The van der Waals surface area contributed by atoms with Gasteiger partial charge >= 0.3 is 0 Å². The predicted octanol–water partition coefficient (Wildman–Crippen LogP) is 1.54. The minimum atomic E-state index is -2.13. The first-order chi connectivity index (χ1) is 12.0. The Balaban J connectivity index is 2.82. The third-order valence-corrected chi connectivity index (χ3v) is 4.57. The third-order valence-electron chi connectivity index (χ3n) is 4.57. The summed E-state index contributed by atoms with van der Waals surface area (Å²) in [5, 5.41) is 11.5. The molecule has 0 bridgehead atoms. The molecule has 0 aromatic carbocycles. The number of amides is 3. The fraction of sp³-hybridized carbons (Fsp3) is 0.824. The van der Waals surface area contributed by atoms with Crippen molar-refractivity contribution in [3.05, 3.63) is 0 Å². The van der Waals surface area contributed by atoms with Crippen LogP contribution in [0.3, 0.4) is 0 Å². The van der Waals surface area contributed by atoms with Gasteiger partial charge in [-0.05, 0) is 25.7 Å². The van der Waals surface area contributed by atoms with Crippen molar-refractivity contribution >= 4 is 17.7 Å². The van der Waals surface area contributed by atoms with Crippen LogP contribution in [0.25, 0.3) is 0 Å². The lowest BCUT2D eigenvalue weighted by Gasteiger charge is -2.29. The molecule has 0 radical (unpaired) electrons. The van der Waals surface area contributed by atoms with E-state index in [1.165, 1.54) is 10.4 Å². The number of alkyl halides is 1. The Kier molecular flexibility index (Phi) is 9.41. The van der Waals surface area contributed by atoms with Gasteiger partial charge in [-0.3, -0.25) is 19.6 Å². The summed E-state index contributed by atoms with van der Waals surface area (Å²) in [5.41, 5.74) is 1.27. The maximum absolute atomic E-state index is 14.3. The molecular weight excluding hydrogens is 329 g/mol. The highest BCUT2D eigenvalue weighted by Crippen LogP contribution is 2.25. The van der Waals surface area contributed by atoms with E-state index in [2.05, 4.69) is 5.32 Å². The molecule has 3 atom stereocenters. The first-order valence-corrected chi connectivity index (χ1v) is 9.14. The molecule has 0 aromatic rings. The van der Waals surface area contributed by atoms with Crippen molar-refractivity contribution in [3.8, 4) is 0 Å². The highest BCUT2D eigenvalue weighted by atomic mass is 19.1. The highest BCUT2D eigenvalue weighted by Gasteiger charge is 2.41. The molecule has 25 heavy (non-hydrogen) atoms. The van der Waals surface area contributed by atoms with E-state index in [-0.39, 0.29) is 12.3 Å². The number of carbonyl (C=O) groups is 3. The van der Waals surface area contributed by atoms with E-state index in [9.17, 15) is 18.8 Å². The average molecular weight is 359 g/mol. The summed E-state index contributed by atoms with van der Waals surface area (Å²) in [6.07, 6.45) is 2.41. The number of nitrogens with zero attached hydrogens (tertiary/aromatic N) is 1. The van der Waals surface area contributed by atoms with Gasteiger partial charge in [-0.2, -0.15) is 0 Å². The summed E-state index contributed by atoms with van der Waals surface area (Å²) in [6.45, 7) is 4.84. The summed E-state index contributed by atoms with van der Waals surface area (Å²) in [6, 6.07) is -0.613. The lowest BCUT2D eigenvalue weighted by atomic mass is 9.94. The van der Waals surface area contributed by atoms with Crippen LogP contribution in [-0.2, 0) is 14.4 Å². The molecular formula is C17H30FN3O4. The Hall–Kier alpha value is -1.70. The van der Waals surface area contributed by atoms with Crippen molar-refractivity contribution in [2.45, 2.75) is 71.0 Å². The van der Waals surface area contributed by atoms with Gasteiger partial charge in [-0.1, -0.05) is 33.1 Å². The van der Waals surface area contributed by atoms with Crippen LogP contribution in [0.2, 0.25) is 0 Å². The molecule has 8 heteroatoms. The molecule has 3 N–H and O–H groups in total. The zero-order valence-corrected chi connectivity index (χ0v) is 15.1. The molecule has 3 amide bonds. The largest absolute Gasteiger partial charge is 0.354 e. The van der Waals surface area contributed by atoms with E-state index in [1.54, 1.807) is 0 Å². The first-order valence-electron chi connectivity index (χ1n) is 9.14. The summed E-state index contributed by atoms with van der Waals surface area (Å²) in [4.78, 5) is 37.9. The van der Waals surface area contributed by atoms with Crippen LogP contribution in [0, 0.1) is 5.92 Å². The monoisotopic (exact) mass is 359 g/mol. The molecule has 1 saturated heterocycles. The molecule has 1 heterocycles. The number of rotatable bonds is 10. The molecule has 1 aliphatic rings. The molecule has 1 unspecified atom stereocenters. The van der Waals surface area contributed by atoms with Crippen LogP contribution in [0.15, 0.2) is 0 Å². The molecule has 0 aliphatic carbocycles. The van der Waals surface area contributed by atoms with Gasteiger partial charge in [0.1, 0.15) is 6.04 Å². The number of hydrogen-bond donors (Lipinski definition) is 3. The van der Waals surface area contributed by atoms with E-state index < -0.39 is 29.9 Å². The zero-order valence-electron chi connectivity index (χ0n) is 15.1. The van der Waals surface area contributed by atoms with Gasteiger partial charge < -0.3 is 10.2 Å². The summed E-state index contributed by atoms with van der Waals surface area (Å²) in [5.74, 6) is -3.16. The van der Waals surface area contributed by atoms with Gasteiger partial charge in [0.15, 0.2) is 6.17 Å². The van der Waals surface area contributed by atoms with Crippen molar-refractivity contribution in [2.24, 2.45) is 5.92 Å². The van der Waals surface area contributed by atoms with Crippen molar-refractivity contribution < 1.29 is 24.0 Å². The highest BCUT2D eigenvalue weighted by molar-refractivity contribution is 5.92. The van der Waals surface area contributed by atoms with Crippen LogP contribution in [-0.4, -0.2) is 53.1 Å². The van der Waals surface area contributed by atoms with E-state index >= 15 is 0 Å². The second kappa shape index (κ2) is 11.0. The second-order valence-corrected chi connectivity index (χ2v) is 6.46. The van der Waals surface area contributed by atoms with Crippen LogP contribution < -0.4 is 10.8 Å². The quantitative estimate of drug-likeness (QED) is 0.313. The number of nitrogens with one attached hydrogen (secondary N) is 2. The zero-order chi connectivity index (χ0) is 18.8. The SMILES string of the molecule is CCCCNC(=O)C1CCCN1C(=O)[C@H](CCCC)[C@H](F)C(=O)NO. The van der Waals surface area contributed by atoms with Gasteiger partial charge in [-0.25, -0.2) is 9.87 Å². The number of likely N-dealkylation sites (tertiary alicyclic amines) is 1. The molecule has 1 fully saturated rings. The van der Waals surface area contributed by atoms with Crippen LogP contribution in [0.5, 0.6) is 0 Å². The average Bonchev–Trinajstić information content (AvgIpc) is 3.10. The van der Waals surface area contributed by atoms with Gasteiger partial charge in [0.2, 0.25) is 11.8 Å². The van der Waals surface area contributed by atoms with Gasteiger partial charge in [0.25, 0.3) is 5.91 Å². The Bertz CT molecular complexity index is 461. The third kappa shape index (κ3) is 5.95. The van der Waals surface area contributed by atoms with E-state index in [0.717, 1.165) is 19.3 Å². The smallest absolute Gasteiger partial charge is 0.278 e. The maximum Gasteiger partial charge on any atom is 0.278 e. The van der Waals surface area contributed by atoms with Crippen molar-refractivity contribution in [2.75, 3.05) is 13.1 Å². The predicted molar refractivity (Wildman–Crippen MR) is 90.5 cm³/mol. The molecule has 0 saturated carbocycles. The van der Waals surface area contributed by atoms with Crippen LogP contribution >= 0.6 is 0 Å². The lowest BCUT2D eigenvalue weighted by molar-refractivity contribution is -0.149.